The summed E-state index contributed by atoms with van der Waals surface area (Å²) >= 11 is 5.77. The number of halogens is 2. The number of pyridine rings is 1. The minimum atomic E-state index is -0.615. The summed E-state index contributed by atoms with van der Waals surface area (Å²) in [6.07, 6.45) is 1.53. The van der Waals surface area contributed by atoms with Gasteiger partial charge in [0, 0.05) is 12.1 Å². The maximum Gasteiger partial charge on any atom is 0.256 e. The number of anilines is 1. The van der Waals surface area contributed by atoms with Gasteiger partial charge in [-0.15, -0.1) is 0 Å². The summed E-state index contributed by atoms with van der Waals surface area (Å²) in [7, 11) is 1.74. The first-order chi connectivity index (χ1) is 12.9. The van der Waals surface area contributed by atoms with Crippen molar-refractivity contribution in [3.63, 3.8) is 0 Å². The summed E-state index contributed by atoms with van der Waals surface area (Å²) in [4.78, 5) is 17.5. The van der Waals surface area contributed by atoms with Crippen LogP contribution < -0.4 is 5.32 Å². The van der Waals surface area contributed by atoms with E-state index < -0.39 is 11.7 Å². The van der Waals surface area contributed by atoms with E-state index in [0.717, 1.165) is 6.07 Å². The van der Waals surface area contributed by atoms with Gasteiger partial charge in [0.1, 0.15) is 11.5 Å². The van der Waals surface area contributed by atoms with Crippen molar-refractivity contribution >= 4 is 34.2 Å². The van der Waals surface area contributed by atoms with Crippen molar-refractivity contribution in [1.82, 2.24) is 14.8 Å². The molecular formula is C19H14ClFN4O2. The van der Waals surface area contributed by atoms with Gasteiger partial charge in [0.05, 0.1) is 28.6 Å². The molecule has 0 aliphatic heterocycles. The van der Waals surface area contributed by atoms with Gasteiger partial charge in [-0.05, 0) is 43.3 Å². The topological polar surface area (TPSA) is 73.0 Å². The van der Waals surface area contributed by atoms with E-state index in [9.17, 15) is 9.18 Å². The van der Waals surface area contributed by atoms with Gasteiger partial charge in [0.2, 0.25) is 0 Å². The highest BCUT2D eigenvalue weighted by Crippen LogP contribution is 2.28. The van der Waals surface area contributed by atoms with E-state index in [0.29, 0.717) is 33.7 Å². The molecule has 27 heavy (non-hydrogen) atoms. The molecule has 0 saturated heterocycles. The molecule has 8 heteroatoms. The van der Waals surface area contributed by atoms with Crippen LogP contribution in [0, 0.1) is 12.7 Å². The van der Waals surface area contributed by atoms with E-state index in [4.69, 9.17) is 16.0 Å². The van der Waals surface area contributed by atoms with Gasteiger partial charge in [0.25, 0.3) is 5.91 Å². The van der Waals surface area contributed by atoms with Crippen LogP contribution in [0.25, 0.3) is 22.5 Å². The number of carbonyl (C=O) groups is 1. The van der Waals surface area contributed by atoms with Crippen LogP contribution in [-0.2, 0) is 7.05 Å². The van der Waals surface area contributed by atoms with Gasteiger partial charge in [0.15, 0.2) is 11.4 Å². The van der Waals surface area contributed by atoms with Gasteiger partial charge in [-0.25, -0.2) is 9.37 Å². The Kier molecular flexibility index (Phi) is 4.16. The Morgan fingerprint density at radius 2 is 2.11 bits per heavy atom. The average molecular weight is 385 g/mol. The molecule has 3 aromatic heterocycles. The first-order valence-corrected chi connectivity index (χ1v) is 8.46. The van der Waals surface area contributed by atoms with E-state index in [-0.39, 0.29) is 10.7 Å². The lowest BCUT2D eigenvalue weighted by molar-refractivity contribution is 0.102. The number of fused-ring (bicyclic) bond motifs is 1. The van der Waals surface area contributed by atoms with E-state index >= 15 is 0 Å². The van der Waals surface area contributed by atoms with Crippen molar-refractivity contribution in [2.45, 2.75) is 6.92 Å². The molecule has 0 saturated carbocycles. The number of nitrogens with one attached hydrogen (secondary N) is 1. The number of amides is 1. The van der Waals surface area contributed by atoms with Crippen LogP contribution >= 0.6 is 11.6 Å². The third kappa shape index (κ3) is 3.06. The van der Waals surface area contributed by atoms with E-state index in [1.165, 1.54) is 18.4 Å². The predicted molar refractivity (Wildman–Crippen MR) is 100 cm³/mol. The molecule has 136 valence electrons. The Morgan fingerprint density at radius 1 is 1.30 bits per heavy atom. The molecule has 6 nitrogen and oxygen atoms in total. The number of nitrogens with zero attached hydrogens (tertiary/aromatic N) is 3. The second-order valence-electron chi connectivity index (χ2n) is 6.02. The highest BCUT2D eigenvalue weighted by Gasteiger charge is 2.21. The summed E-state index contributed by atoms with van der Waals surface area (Å²) in [5.74, 6) is -0.578. The van der Waals surface area contributed by atoms with E-state index in [1.54, 1.807) is 36.9 Å². The summed E-state index contributed by atoms with van der Waals surface area (Å²) in [6, 6.07) is 9.15. The summed E-state index contributed by atoms with van der Waals surface area (Å²) in [6.45, 7) is 1.79. The molecule has 0 spiro atoms. The molecule has 4 rings (SSSR count). The summed E-state index contributed by atoms with van der Waals surface area (Å²) in [5, 5.41) is 7.78. The number of benzene rings is 1. The Balaban J connectivity index is 1.85. The third-order valence-corrected chi connectivity index (χ3v) is 4.40. The fraction of sp³-hybridized carbons (Fsp3) is 0.105. The van der Waals surface area contributed by atoms with Crippen molar-refractivity contribution in [2.75, 3.05) is 5.32 Å². The molecule has 1 N–H and O–H groups in total. The first-order valence-electron chi connectivity index (χ1n) is 8.08. The molecule has 4 aromatic rings. The van der Waals surface area contributed by atoms with E-state index in [2.05, 4.69) is 15.4 Å². The number of rotatable bonds is 3. The molecule has 0 unspecified atom stereocenters. The quantitative estimate of drug-likeness (QED) is 0.561. The lowest BCUT2D eigenvalue weighted by Gasteiger charge is -2.09. The van der Waals surface area contributed by atoms with Crippen molar-refractivity contribution < 1.29 is 13.6 Å². The van der Waals surface area contributed by atoms with Crippen molar-refractivity contribution in [3.05, 3.63) is 64.8 Å². The second kappa shape index (κ2) is 6.51. The molecule has 1 aromatic carbocycles. The van der Waals surface area contributed by atoms with Crippen LogP contribution in [0.5, 0.6) is 0 Å². The van der Waals surface area contributed by atoms with Crippen molar-refractivity contribution in [3.8, 4) is 11.5 Å². The van der Waals surface area contributed by atoms with Crippen LogP contribution in [0.2, 0.25) is 5.02 Å². The fourth-order valence-electron chi connectivity index (χ4n) is 2.95. The Bertz CT molecular complexity index is 1170. The predicted octanol–water partition coefficient (Wildman–Crippen LogP) is 4.58. The number of furan rings is 1. The highest BCUT2D eigenvalue weighted by molar-refractivity contribution is 6.30. The van der Waals surface area contributed by atoms with Crippen molar-refractivity contribution in [2.24, 2.45) is 7.05 Å². The minimum Gasteiger partial charge on any atom is -0.463 e. The number of hydrogen-bond donors (Lipinski definition) is 1. The molecule has 3 heterocycles. The average Bonchev–Trinajstić information content (AvgIpc) is 3.26. The van der Waals surface area contributed by atoms with Gasteiger partial charge in [-0.3, -0.25) is 9.48 Å². The van der Waals surface area contributed by atoms with Crippen molar-refractivity contribution in [1.29, 1.82) is 0 Å². The number of hydrogen-bond acceptors (Lipinski definition) is 4. The Hall–Kier alpha value is -3.19. The zero-order chi connectivity index (χ0) is 19.1. The zero-order valence-corrected chi connectivity index (χ0v) is 15.2. The fourth-order valence-corrected chi connectivity index (χ4v) is 3.11. The summed E-state index contributed by atoms with van der Waals surface area (Å²) in [5.41, 5.74) is 2.02. The van der Waals surface area contributed by atoms with Crippen LogP contribution in [-0.4, -0.2) is 20.7 Å². The standard InChI is InChI=1S/C19H14ClFN4O2/c1-10-17-12(19(26)23-14-6-5-11(20)8-13(14)21)9-15(16-4-3-7-27-16)22-18(17)25(2)24-10/h3-9H,1-2H3,(H,23,26). The Morgan fingerprint density at radius 3 is 2.81 bits per heavy atom. The maximum absolute atomic E-state index is 14.1. The largest absolute Gasteiger partial charge is 0.463 e. The SMILES string of the molecule is Cc1nn(C)c2nc(-c3ccco3)cc(C(=O)Nc3ccc(Cl)cc3F)c12. The molecule has 0 bridgehead atoms. The molecule has 0 radical (unpaired) electrons. The molecule has 1 amide bonds. The smallest absolute Gasteiger partial charge is 0.256 e. The first kappa shape index (κ1) is 17.2. The highest BCUT2D eigenvalue weighted by atomic mass is 35.5. The molecule has 0 atom stereocenters. The number of carbonyl (C=O) groups excluding carboxylic acids is 1. The van der Waals surface area contributed by atoms with Gasteiger partial charge >= 0.3 is 0 Å². The van der Waals surface area contributed by atoms with Crippen LogP contribution in [0.3, 0.4) is 0 Å². The van der Waals surface area contributed by atoms with Gasteiger partial charge in [-0.1, -0.05) is 11.6 Å². The lowest BCUT2D eigenvalue weighted by Crippen LogP contribution is -2.14. The monoisotopic (exact) mass is 384 g/mol. The second-order valence-corrected chi connectivity index (χ2v) is 6.45. The summed E-state index contributed by atoms with van der Waals surface area (Å²) < 4.78 is 21.1. The van der Waals surface area contributed by atoms with Crippen LogP contribution in [0.15, 0.2) is 47.1 Å². The van der Waals surface area contributed by atoms with Gasteiger partial charge in [-0.2, -0.15) is 5.10 Å². The maximum atomic E-state index is 14.1. The van der Waals surface area contributed by atoms with E-state index in [1.807, 2.05) is 0 Å². The molecule has 0 fully saturated rings. The number of aromatic nitrogens is 3. The Labute approximate surface area is 158 Å². The minimum absolute atomic E-state index is 0.0375. The molecule has 0 aliphatic carbocycles. The molecular weight excluding hydrogens is 371 g/mol. The van der Waals surface area contributed by atoms with Gasteiger partial charge < -0.3 is 9.73 Å². The lowest BCUT2D eigenvalue weighted by atomic mass is 10.1. The zero-order valence-electron chi connectivity index (χ0n) is 14.5. The van der Waals surface area contributed by atoms with Crippen LogP contribution in [0.1, 0.15) is 16.1 Å². The number of aryl methyl sites for hydroxylation is 2. The normalized spacial score (nSPS) is 11.1. The third-order valence-electron chi connectivity index (χ3n) is 4.17. The molecule has 0 aliphatic rings. The van der Waals surface area contributed by atoms with Crippen LogP contribution in [0.4, 0.5) is 10.1 Å².